The van der Waals surface area contributed by atoms with E-state index in [0.717, 1.165) is 41.5 Å². The molecular weight excluding hydrogens is 233 g/mol. The molecule has 1 aromatic carbocycles. The van der Waals surface area contributed by atoms with Crippen LogP contribution in [0.1, 0.15) is 18.4 Å². The Morgan fingerprint density at radius 2 is 1.80 bits per heavy atom. The maximum absolute atomic E-state index is 8.61. The molecule has 0 heterocycles. The van der Waals surface area contributed by atoms with Gasteiger partial charge in [-0.3, -0.25) is 0 Å². The van der Waals surface area contributed by atoms with Gasteiger partial charge in [0.25, 0.3) is 0 Å². The average Bonchev–Trinajstić information content (AvgIpc) is 2.21. The van der Waals surface area contributed by atoms with Gasteiger partial charge in [0.15, 0.2) is 0 Å². The second kappa shape index (κ2) is 7.07. The van der Waals surface area contributed by atoms with Gasteiger partial charge in [-0.25, -0.2) is 0 Å². The lowest BCUT2D eigenvalue weighted by atomic mass is 10.2. The monoisotopic (exact) mass is 248 g/mol. The van der Waals surface area contributed by atoms with E-state index in [0.29, 0.717) is 0 Å². The first-order chi connectivity index (χ1) is 7.25. The third-order valence-electron chi connectivity index (χ3n) is 2.23. The zero-order valence-corrected chi connectivity index (χ0v) is 10.1. The molecule has 0 fully saturated rings. The number of aliphatic hydroxyl groups is 1. The number of benzene rings is 1. The average molecular weight is 249 g/mol. The number of hydrogen-bond acceptors (Lipinski definition) is 1. The van der Waals surface area contributed by atoms with E-state index in [1.165, 1.54) is 0 Å². The Morgan fingerprint density at radius 1 is 1.13 bits per heavy atom. The highest BCUT2D eigenvalue weighted by atomic mass is 35.5. The molecule has 3 N–H and O–H groups in total. The molecule has 0 aliphatic rings. The largest absolute Gasteiger partial charge is 0.396 e. The molecule has 0 spiro atoms. The van der Waals surface area contributed by atoms with Crippen LogP contribution in [0.25, 0.3) is 0 Å². The lowest BCUT2D eigenvalue weighted by Gasteiger charge is -2.05. The van der Waals surface area contributed by atoms with Gasteiger partial charge in [0.2, 0.25) is 0 Å². The van der Waals surface area contributed by atoms with Gasteiger partial charge in [0, 0.05) is 12.2 Å². The van der Waals surface area contributed by atoms with Crippen molar-refractivity contribution in [3.05, 3.63) is 33.8 Å². The Morgan fingerprint density at radius 3 is 2.40 bits per heavy atom. The van der Waals surface area contributed by atoms with E-state index in [9.17, 15) is 0 Å². The van der Waals surface area contributed by atoms with Gasteiger partial charge in [0.1, 0.15) is 6.54 Å². The molecule has 0 unspecified atom stereocenters. The molecule has 15 heavy (non-hydrogen) atoms. The zero-order valence-electron chi connectivity index (χ0n) is 8.55. The summed E-state index contributed by atoms with van der Waals surface area (Å²) in [6, 6.07) is 5.55. The fourth-order valence-electron chi connectivity index (χ4n) is 1.37. The highest BCUT2D eigenvalue weighted by molar-refractivity contribution is 6.35. The van der Waals surface area contributed by atoms with Gasteiger partial charge in [-0.15, -0.1) is 0 Å². The molecule has 2 nitrogen and oxygen atoms in total. The van der Waals surface area contributed by atoms with Crippen LogP contribution < -0.4 is 5.32 Å². The summed E-state index contributed by atoms with van der Waals surface area (Å²) in [5, 5.41) is 12.2. The third kappa shape index (κ3) is 4.39. The van der Waals surface area contributed by atoms with Crippen molar-refractivity contribution in [1.29, 1.82) is 0 Å². The summed E-state index contributed by atoms with van der Waals surface area (Å²) in [4.78, 5) is 0. The Bertz CT molecular complexity index is 284. The third-order valence-corrected chi connectivity index (χ3v) is 2.93. The fraction of sp³-hybridized carbons (Fsp3) is 0.455. The summed E-state index contributed by atoms with van der Waals surface area (Å²) in [7, 11) is 0. The van der Waals surface area contributed by atoms with E-state index in [1.807, 2.05) is 18.2 Å². The van der Waals surface area contributed by atoms with Crippen LogP contribution >= 0.6 is 23.2 Å². The van der Waals surface area contributed by atoms with Crippen LogP contribution in [-0.4, -0.2) is 18.3 Å². The molecule has 0 aromatic heterocycles. The van der Waals surface area contributed by atoms with Crippen LogP contribution in [0.2, 0.25) is 10.0 Å². The normalized spacial score (nSPS) is 10.6. The van der Waals surface area contributed by atoms with E-state index >= 15 is 0 Å². The summed E-state index contributed by atoms with van der Waals surface area (Å²) in [6.45, 7) is 2.05. The van der Waals surface area contributed by atoms with Crippen molar-refractivity contribution >= 4 is 23.2 Å². The summed E-state index contributed by atoms with van der Waals surface area (Å²) < 4.78 is 0. The topological polar surface area (TPSA) is 36.8 Å². The minimum Gasteiger partial charge on any atom is -0.396 e. The standard InChI is InChI=1S/C11H15Cl2NO/c12-10-4-3-5-11(13)9(10)8-14-6-1-2-7-15/h3-5,14-15H,1-2,6-8H2/p+1. The van der Waals surface area contributed by atoms with Gasteiger partial charge < -0.3 is 10.4 Å². The number of aliphatic hydroxyl groups excluding tert-OH is 1. The van der Waals surface area contributed by atoms with E-state index in [-0.39, 0.29) is 6.61 Å². The maximum Gasteiger partial charge on any atom is 0.104 e. The van der Waals surface area contributed by atoms with Crippen molar-refractivity contribution in [1.82, 2.24) is 0 Å². The zero-order chi connectivity index (χ0) is 11.1. The second-order valence-electron chi connectivity index (χ2n) is 3.41. The minimum absolute atomic E-state index is 0.265. The lowest BCUT2D eigenvalue weighted by molar-refractivity contribution is -0.670. The quantitative estimate of drug-likeness (QED) is 0.741. The van der Waals surface area contributed by atoms with Gasteiger partial charge in [0.05, 0.1) is 16.6 Å². The van der Waals surface area contributed by atoms with E-state index in [1.54, 1.807) is 0 Å². The number of halogens is 2. The Kier molecular flexibility index (Phi) is 6.03. The molecule has 0 aliphatic carbocycles. The molecule has 0 saturated carbocycles. The van der Waals surface area contributed by atoms with Crippen molar-refractivity contribution in [3.63, 3.8) is 0 Å². The van der Waals surface area contributed by atoms with Gasteiger partial charge in [-0.2, -0.15) is 0 Å². The molecule has 0 bridgehead atoms. The van der Waals surface area contributed by atoms with Crippen molar-refractivity contribution in [3.8, 4) is 0 Å². The summed E-state index contributed by atoms with van der Waals surface area (Å²) in [5.41, 5.74) is 0.991. The van der Waals surface area contributed by atoms with Gasteiger partial charge in [-0.05, 0) is 25.0 Å². The van der Waals surface area contributed by atoms with Crippen LogP contribution in [0.3, 0.4) is 0 Å². The SMILES string of the molecule is OCCCC[NH2+]Cc1c(Cl)cccc1Cl. The Balaban J connectivity index is 2.37. The first-order valence-electron chi connectivity index (χ1n) is 5.11. The number of rotatable bonds is 6. The molecule has 0 saturated heterocycles. The molecule has 4 heteroatoms. The van der Waals surface area contributed by atoms with Crippen molar-refractivity contribution in [2.75, 3.05) is 13.2 Å². The first kappa shape index (κ1) is 12.8. The molecule has 0 aliphatic heterocycles. The molecule has 0 amide bonds. The summed E-state index contributed by atoms with van der Waals surface area (Å²) in [5.74, 6) is 0. The van der Waals surface area contributed by atoms with E-state index in [2.05, 4.69) is 5.32 Å². The van der Waals surface area contributed by atoms with E-state index in [4.69, 9.17) is 28.3 Å². The van der Waals surface area contributed by atoms with E-state index < -0.39 is 0 Å². The maximum atomic E-state index is 8.61. The Hall–Kier alpha value is -0.280. The smallest absolute Gasteiger partial charge is 0.104 e. The first-order valence-corrected chi connectivity index (χ1v) is 5.86. The van der Waals surface area contributed by atoms with Crippen molar-refractivity contribution in [2.45, 2.75) is 19.4 Å². The fourth-order valence-corrected chi connectivity index (χ4v) is 1.93. The molecule has 1 rings (SSSR count). The van der Waals surface area contributed by atoms with Crippen molar-refractivity contribution < 1.29 is 10.4 Å². The number of quaternary nitrogens is 1. The lowest BCUT2D eigenvalue weighted by Crippen LogP contribution is -2.82. The van der Waals surface area contributed by atoms with Crippen LogP contribution in [0.4, 0.5) is 0 Å². The summed E-state index contributed by atoms with van der Waals surface area (Å²) in [6.07, 6.45) is 1.87. The predicted octanol–water partition coefficient (Wildman–Crippen LogP) is 1.83. The van der Waals surface area contributed by atoms with Crippen LogP contribution in [0.5, 0.6) is 0 Å². The van der Waals surface area contributed by atoms with Gasteiger partial charge in [-0.1, -0.05) is 29.3 Å². The highest BCUT2D eigenvalue weighted by Gasteiger charge is 2.06. The number of hydrogen-bond donors (Lipinski definition) is 2. The number of unbranched alkanes of at least 4 members (excludes halogenated alkanes) is 1. The molecule has 1 aromatic rings. The molecular formula is C11H16Cl2NO+. The van der Waals surface area contributed by atoms with Gasteiger partial charge >= 0.3 is 0 Å². The highest BCUT2D eigenvalue weighted by Crippen LogP contribution is 2.22. The van der Waals surface area contributed by atoms with Crippen LogP contribution in [-0.2, 0) is 6.54 Å². The second-order valence-corrected chi connectivity index (χ2v) is 4.23. The summed E-state index contributed by atoms with van der Waals surface area (Å²) >= 11 is 12.1. The number of nitrogens with two attached hydrogens (primary N) is 1. The Labute approximate surface area is 100 Å². The molecule has 0 atom stereocenters. The van der Waals surface area contributed by atoms with Crippen LogP contribution in [0.15, 0.2) is 18.2 Å². The molecule has 0 radical (unpaired) electrons. The van der Waals surface area contributed by atoms with Crippen LogP contribution in [0, 0.1) is 0 Å². The minimum atomic E-state index is 0.265. The predicted molar refractivity (Wildman–Crippen MR) is 63.3 cm³/mol. The molecule has 84 valence electrons. The van der Waals surface area contributed by atoms with Crippen molar-refractivity contribution in [2.24, 2.45) is 0 Å².